The summed E-state index contributed by atoms with van der Waals surface area (Å²) < 4.78 is 31.1. The highest BCUT2D eigenvalue weighted by atomic mass is 127. The van der Waals surface area contributed by atoms with Crippen molar-refractivity contribution in [2.45, 2.75) is 30.8 Å². The Balaban J connectivity index is 0.00000320. The molecule has 1 N–H and O–H groups in total. The number of aliphatic imine (C=N–C) groups is 1. The molecule has 1 atom stereocenters. The van der Waals surface area contributed by atoms with Gasteiger partial charge in [-0.3, -0.25) is 4.90 Å². The first kappa shape index (κ1) is 25.3. The van der Waals surface area contributed by atoms with E-state index in [-0.39, 0.29) is 24.0 Å². The van der Waals surface area contributed by atoms with Gasteiger partial charge in [-0.2, -0.15) is 0 Å². The van der Waals surface area contributed by atoms with Gasteiger partial charge < -0.3 is 15.0 Å². The summed E-state index contributed by atoms with van der Waals surface area (Å²) in [5, 5.41) is 3.40. The highest BCUT2D eigenvalue weighted by Gasteiger charge is 2.30. The van der Waals surface area contributed by atoms with E-state index in [2.05, 4.69) is 22.0 Å². The molecule has 10 heteroatoms. The number of hydrogen-bond acceptors (Lipinski definition) is 5. The smallest absolute Gasteiger partial charge is 0.242 e. The second-order valence-electron chi connectivity index (χ2n) is 7.64. The van der Waals surface area contributed by atoms with E-state index in [0.29, 0.717) is 17.5 Å². The maximum atomic E-state index is 12.2. The topological polar surface area (TPSA) is 77.5 Å². The number of morpholine rings is 1. The lowest BCUT2D eigenvalue weighted by molar-refractivity contribution is 0.0195. The molecule has 3 rings (SSSR count). The molecular weight excluding hydrogens is 517 g/mol. The third kappa shape index (κ3) is 6.28. The fourth-order valence-electron chi connectivity index (χ4n) is 3.74. The predicted octanol–water partition coefficient (Wildman–Crippen LogP) is 1.43. The minimum atomic E-state index is -3.40. The van der Waals surface area contributed by atoms with Crippen LogP contribution in [-0.2, 0) is 21.3 Å². The summed E-state index contributed by atoms with van der Waals surface area (Å²) in [7, 11) is -0.324. The number of benzene rings is 1. The van der Waals surface area contributed by atoms with Gasteiger partial charge in [0.05, 0.1) is 24.7 Å². The number of hydrogen-bond donors (Lipinski definition) is 1. The van der Waals surface area contributed by atoms with Crippen LogP contribution >= 0.6 is 24.0 Å². The molecule has 30 heavy (non-hydrogen) atoms. The molecule has 0 aliphatic carbocycles. The zero-order valence-electron chi connectivity index (χ0n) is 18.1. The zero-order valence-corrected chi connectivity index (χ0v) is 21.2. The summed E-state index contributed by atoms with van der Waals surface area (Å²) >= 11 is 0. The number of likely N-dealkylation sites (tertiary alicyclic amines) is 1. The van der Waals surface area contributed by atoms with Crippen molar-refractivity contribution >= 4 is 40.0 Å². The van der Waals surface area contributed by atoms with Gasteiger partial charge in [0.25, 0.3) is 0 Å². The molecule has 1 unspecified atom stereocenters. The van der Waals surface area contributed by atoms with E-state index < -0.39 is 10.0 Å². The number of guanidine groups is 1. The van der Waals surface area contributed by atoms with Gasteiger partial charge in [-0.25, -0.2) is 17.7 Å². The minimum absolute atomic E-state index is 0. The quantitative estimate of drug-likeness (QED) is 0.328. The maximum absolute atomic E-state index is 12.2. The first-order chi connectivity index (χ1) is 13.9. The van der Waals surface area contributed by atoms with Crippen LogP contribution in [0.4, 0.5) is 0 Å². The van der Waals surface area contributed by atoms with Crippen LogP contribution in [0, 0.1) is 0 Å². The van der Waals surface area contributed by atoms with Crippen molar-refractivity contribution in [1.29, 1.82) is 0 Å². The number of ether oxygens (including phenoxy) is 1. The molecule has 0 bridgehead atoms. The molecule has 2 aliphatic rings. The van der Waals surface area contributed by atoms with Crippen molar-refractivity contribution in [2.24, 2.45) is 4.99 Å². The van der Waals surface area contributed by atoms with E-state index in [1.807, 2.05) is 12.1 Å². The molecule has 1 aromatic carbocycles. The third-order valence-corrected chi connectivity index (χ3v) is 7.30. The average Bonchev–Trinajstić information content (AvgIpc) is 3.22. The first-order valence-corrected chi connectivity index (χ1v) is 11.7. The Hall–Kier alpha value is -0.950. The molecular formula is C20H34IN5O3S. The van der Waals surface area contributed by atoms with Crippen molar-refractivity contribution in [3.63, 3.8) is 0 Å². The Morgan fingerprint density at radius 2 is 1.87 bits per heavy atom. The molecule has 170 valence electrons. The van der Waals surface area contributed by atoms with Crippen LogP contribution in [0.5, 0.6) is 0 Å². The van der Waals surface area contributed by atoms with E-state index in [1.54, 1.807) is 12.1 Å². The van der Waals surface area contributed by atoms with Gasteiger partial charge in [0.15, 0.2) is 5.96 Å². The van der Waals surface area contributed by atoms with Gasteiger partial charge in [0, 0.05) is 52.9 Å². The summed E-state index contributed by atoms with van der Waals surface area (Å²) in [5.74, 6) is 0.924. The van der Waals surface area contributed by atoms with Gasteiger partial charge in [-0.05, 0) is 31.0 Å². The normalized spacial score (nSPS) is 21.0. The van der Waals surface area contributed by atoms with Gasteiger partial charge in [0.2, 0.25) is 10.0 Å². The maximum Gasteiger partial charge on any atom is 0.242 e. The van der Waals surface area contributed by atoms with Gasteiger partial charge in [-0.15, -0.1) is 24.0 Å². The Morgan fingerprint density at radius 1 is 1.20 bits per heavy atom. The van der Waals surface area contributed by atoms with Crippen molar-refractivity contribution in [2.75, 3.05) is 60.0 Å². The molecule has 2 fully saturated rings. The van der Waals surface area contributed by atoms with E-state index >= 15 is 0 Å². The fourth-order valence-corrected chi connectivity index (χ4v) is 4.65. The third-order valence-electron chi connectivity index (χ3n) is 5.47. The Kier molecular flexibility index (Phi) is 9.79. The largest absolute Gasteiger partial charge is 0.379 e. The van der Waals surface area contributed by atoms with Crippen molar-refractivity contribution in [3.8, 4) is 0 Å². The second kappa shape index (κ2) is 11.6. The number of rotatable bonds is 6. The van der Waals surface area contributed by atoms with E-state index in [0.717, 1.165) is 63.9 Å². The molecule has 0 aromatic heterocycles. The lowest BCUT2D eigenvalue weighted by atomic mass is 10.2. The van der Waals surface area contributed by atoms with Crippen LogP contribution in [0.15, 0.2) is 34.2 Å². The van der Waals surface area contributed by atoms with Crippen molar-refractivity contribution in [1.82, 2.24) is 19.4 Å². The minimum Gasteiger partial charge on any atom is -0.379 e. The molecule has 8 nitrogen and oxygen atoms in total. The van der Waals surface area contributed by atoms with E-state index in [9.17, 15) is 8.42 Å². The van der Waals surface area contributed by atoms with Crippen molar-refractivity contribution in [3.05, 3.63) is 29.8 Å². The van der Waals surface area contributed by atoms with Crippen LogP contribution in [0.1, 0.15) is 18.9 Å². The highest BCUT2D eigenvalue weighted by Crippen LogP contribution is 2.18. The lowest BCUT2D eigenvalue weighted by Gasteiger charge is -2.32. The molecule has 2 heterocycles. The standard InChI is InChI=1S/C20H33N5O3S.HI/c1-4-21-20(25-10-9-18(16-25)24-11-13-28-14-12-24)22-15-17-5-7-19(8-6-17)29(26,27)23(2)3;/h5-8,18H,4,9-16H2,1-3H3,(H,21,22);1H. The molecule has 0 saturated carbocycles. The van der Waals surface area contributed by atoms with Crippen molar-refractivity contribution < 1.29 is 13.2 Å². The summed E-state index contributed by atoms with van der Waals surface area (Å²) in [6, 6.07) is 7.53. The van der Waals surface area contributed by atoms with Crippen LogP contribution in [0.3, 0.4) is 0 Å². The summed E-state index contributed by atoms with van der Waals surface area (Å²) in [5.41, 5.74) is 0.988. The summed E-state index contributed by atoms with van der Waals surface area (Å²) in [6.07, 6.45) is 1.14. The monoisotopic (exact) mass is 551 g/mol. The van der Waals surface area contributed by atoms with Crippen LogP contribution in [0.25, 0.3) is 0 Å². The Morgan fingerprint density at radius 3 is 2.47 bits per heavy atom. The summed E-state index contributed by atoms with van der Waals surface area (Å²) in [6.45, 7) is 9.05. The number of nitrogens with zero attached hydrogens (tertiary/aromatic N) is 4. The molecule has 0 spiro atoms. The first-order valence-electron chi connectivity index (χ1n) is 10.3. The average molecular weight is 551 g/mol. The lowest BCUT2D eigenvalue weighted by Crippen LogP contribution is -2.46. The Bertz CT molecular complexity index is 795. The number of sulfonamides is 1. The molecule has 2 aliphatic heterocycles. The van der Waals surface area contributed by atoms with Gasteiger partial charge in [-0.1, -0.05) is 12.1 Å². The molecule has 0 radical (unpaired) electrons. The predicted molar refractivity (Wildman–Crippen MR) is 130 cm³/mol. The van der Waals surface area contributed by atoms with Crippen LogP contribution < -0.4 is 5.32 Å². The van der Waals surface area contributed by atoms with Crippen LogP contribution in [-0.4, -0.2) is 94.6 Å². The molecule has 0 amide bonds. The molecule has 2 saturated heterocycles. The summed E-state index contributed by atoms with van der Waals surface area (Å²) in [4.78, 5) is 9.95. The van der Waals surface area contributed by atoms with Gasteiger partial charge in [0.1, 0.15) is 0 Å². The Labute approximate surface area is 197 Å². The number of halogens is 1. The zero-order chi connectivity index (χ0) is 20.9. The van der Waals surface area contributed by atoms with E-state index in [4.69, 9.17) is 9.73 Å². The van der Waals surface area contributed by atoms with Crippen LogP contribution in [0.2, 0.25) is 0 Å². The SMILES string of the molecule is CCNC(=NCc1ccc(S(=O)(=O)N(C)C)cc1)N1CCC(N2CCOCC2)C1.I. The fraction of sp³-hybridized carbons (Fsp3) is 0.650. The number of nitrogens with one attached hydrogen (secondary N) is 1. The van der Waals surface area contributed by atoms with E-state index in [1.165, 1.54) is 18.4 Å². The molecule has 1 aromatic rings. The highest BCUT2D eigenvalue weighted by molar-refractivity contribution is 14.0. The van der Waals surface area contributed by atoms with Gasteiger partial charge >= 0.3 is 0 Å². The second-order valence-corrected chi connectivity index (χ2v) is 9.79.